The van der Waals surface area contributed by atoms with E-state index in [0.29, 0.717) is 0 Å². The zero-order valence-corrected chi connectivity index (χ0v) is 12.9. The van der Waals surface area contributed by atoms with E-state index in [-0.39, 0.29) is 0 Å². The van der Waals surface area contributed by atoms with Gasteiger partial charge in [-0.2, -0.15) is 0 Å². The first-order valence-electron chi connectivity index (χ1n) is 7.07. The first kappa shape index (κ1) is 12.5. The summed E-state index contributed by atoms with van der Waals surface area (Å²) >= 11 is 1.83. The van der Waals surface area contributed by atoms with Crippen LogP contribution in [0.4, 0.5) is 0 Å². The number of thiophene rings is 1. The number of pyridine rings is 1. The highest BCUT2D eigenvalue weighted by Gasteiger charge is 2.11. The summed E-state index contributed by atoms with van der Waals surface area (Å²) in [7, 11) is 0. The smallest absolute Gasteiger partial charge is 0.0880 e. The minimum atomic E-state index is 1.10. The maximum atomic E-state index is 4.67. The van der Waals surface area contributed by atoms with Gasteiger partial charge in [-0.15, -0.1) is 11.3 Å². The molecule has 1 nitrogen and oxygen atoms in total. The third-order valence-corrected chi connectivity index (χ3v) is 4.98. The number of aromatic nitrogens is 1. The van der Waals surface area contributed by atoms with Crippen LogP contribution in [0.15, 0.2) is 54.7 Å². The average molecular weight is 289 g/mol. The maximum Gasteiger partial charge on any atom is 0.0880 e. The third-order valence-electron chi connectivity index (χ3n) is 3.79. The van der Waals surface area contributed by atoms with Gasteiger partial charge in [0.15, 0.2) is 0 Å². The second-order valence-electron chi connectivity index (χ2n) is 5.51. The van der Waals surface area contributed by atoms with E-state index in [9.17, 15) is 0 Å². The van der Waals surface area contributed by atoms with Crippen LogP contribution in [0.5, 0.6) is 0 Å². The number of rotatable bonds is 1. The first-order valence-corrected chi connectivity index (χ1v) is 7.89. The van der Waals surface area contributed by atoms with Crippen LogP contribution in [0, 0.1) is 13.8 Å². The minimum absolute atomic E-state index is 1.10. The van der Waals surface area contributed by atoms with E-state index < -0.39 is 0 Å². The molecule has 0 aliphatic carbocycles. The highest BCUT2D eigenvalue weighted by molar-refractivity contribution is 7.26. The molecule has 2 heterocycles. The van der Waals surface area contributed by atoms with Crippen molar-refractivity contribution in [3.05, 3.63) is 65.9 Å². The van der Waals surface area contributed by atoms with Gasteiger partial charge in [0, 0.05) is 27.2 Å². The van der Waals surface area contributed by atoms with Gasteiger partial charge in [-0.1, -0.05) is 35.4 Å². The molecule has 0 saturated heterocycles. The van der Waals surface area contributed by atoms with Gasteiger partial charge >= 0.3 is 0 Å². The Hall–Kier alpha value is -2.19. The van der Waals surface area contributed by atoms with E-state index in [1.807, 2.05) is 17.5 Å². The predicted molar refractivity (Wildman–Crippen MR) is 92.0 cm³/mol. The summed E-state index contributed by atoms with van der Waals surface area (Å²) in [6, 6.07) is 17.4. The van der Waals surface area contributed by atoms with Gasteiger partial charge in [-0.3, -0.25) is 4.98 Å². The van der Waals surface area contributed by atoms with Gasteiger partial charge in [0.05, 0.1) is 10.4 Å². The van der Waals surface area contributed by atoms with Crippen molar-refractivity contribution in [1.29, 1.82) is 0 Å². The van der Waals surface area contributed by atoms with Gasteiger partial charge in [0.1, 0.15) is 0 Å². The highest BCUT2D eigenvalue weighted by atomic mass is 32.1. The maximum absolute atomic E-state index is 4.67. The fourth-order valence-electron chi connectivity index (χ4n) is 2.97. The van der Waals surface area contributed by atoms with Crippen molar-refractivity contribution in [2.24, 2.45) is 0 Å². The number of nitrogens with zero attached hydrogens (tertiary/aromatic N) is 1. The molecular weight excluding hydrogens is 274 g/mol. The lowest BCUT2D eigenvalue weighted by atomic mass is 10.0. The lowest BCUT2D eigenvalue weighted by Gasteiger charge is -2.05. The van der Waals surface area contributed by atoms with Crippen LogP contribution in [0.2, 0.25) is 0 Å². The summed E-state index contributed by atoms with van der Waals surface area (Å²) in [5, 5.41) is 2.63. The molecule has 21 heavy (non-hydrogen) atoms. The number of hydrogen-bond acceptors (Lipinski definition) is 2. The fraction of sp³-hybridized carbons (Fsp3) is 0.105. The van der Waals surface area contributed by atoms with E-state index in [0.717, 1.165) is 5.69 Å². The average Bonchev–Trinajstić information content (AvgIpc) is 2.84. The van der Waals surface area contributed by atoms with Crippen molar-refractivity contribution in [2.75, 3.05) is 0 Å². The molecule has 0 N–H and O–H groups in total. The second-order valence-corrected chi connectivity index (χ2v) is 6.56. The molecule has 0 aliphatic heterocycles. The third kappa shape index (κ3) is 2.03. The summed E-state index contributed by atoms with van der Waals surface area (Å²) in [6.07, 6.45) is 1.93. The van der Waals surface area contributed by atoms with Crippen LogP contribution >= 0.6 is 11.3 Å². The Balaban J connectivity index is 2.09. The van der Waals surface area contributed by atoms with Crippen molar-refractivity contribution in [2.45, 2.75) is 13.8 Å². The fourth-order valence-corrected chi connectivity index (χ4v) is 4.18. The zero-order chi connectivity index (χ0) is 14.4. The summed E-state index contributed by atoms with van der Waals surface area (Å²) in [6.45, 7) is 4.28. The van der Waals surface area contributed by atoms with Crippen molar-refractivity contribution in [1.82, 2.24) is 4.98 Å². The highest BCUT2D eigenvalue weighted by Crippen LogP contribution is 2.38. The van der Waals surface area contributed by atoms with Crippen LogP contribution < -0.4 is 0 Å². The van der Waals surface area contributed by atoms with Crippen LogP contribution in [0.1, 0.15) is 11.1 Å². The Kier molecular flexibility index (Phi) is 2.79. The Labute approximate surface area is 127 Å². The number of hydrogen-bond donors (Lipinski definition) is 0. The molecule has 0 bridgehead atoms. The molecule has 0 spiro atoms. The molecule has 0 fully saturated rings. The summed E-state index contributed by atoms with van der Waals surface area (Å²) < 4.78 is 2.61. The Morgan fingerprint density at radius 1 is 0.857 bits per heavy atom. The van der Waals surface area contributed by atoms with Crippen LogP contribution in [-0.2, 0) is 0 Å². The Morgan fingerprint density at radius 3 is 2.43 bits per heavy atom. The molecule has 2 aromatic carbocycles. The summed E-state index contributed by atoms with van der Waals surface area (Å²) in [5.74, 6) is 0. The monoisotopic (exact) mass is 289 g/mol. The van der Waals surface area contributed by atoms with Gasteiger partial charge in [0.2, 0.25) is 0 Å². The quantitative estimate of drug-likeness (QED) is 0.436. The molecule has 2 heteroatoms. The van der Waals surface area contributed by atoms with Crippen LogP contribution in [-0.4, -0.2) is 4.98 Å². The molecule has 0 aliphatic rings. The van der Waals surface area contributed by atoms with Crippen molar-refractivity contribution in [3.63, 3.8) is 0 Å². The lowest BCUT2D eigenvalue weighted by molar-refractivity contribution is 1.33. The number of fused-ring (bicyclic) bond motifs is 3. The minimum Gasteiger partial charge on any atom is -0.255 e. The molecule has 0 saturated carbocycles. The van der Waals surface area contributed by atoms with Crippen LogP contribution in [0.3, 0.4) is 0 Å². The molecule has 4 aromatic rings. The molecule has 2 aromatic heterocycles. The Bertz CT molecular complexity index is 946. The number of aryl methyl sites for hydroxylation is 2. The van der Waals surface area contributed by atoms with Gasteiger partial charge in [-0.25, -0.2) is 0 Å². The molecule has 0 radical (unpaired) electrons. The van der Waals surface area contributed by atoms with Crippen LogP contribution in [0.25, 0.3) is 31.4 Å². The van der Waals surface area contributed by atoms with Gasteiger partial charge < -0.3 is 0 Å². The zero-order valence-electron chi connectivity index (χ0n) is 12.1. The summed E-state index contributed by atoms with van der Waals surface area (Å²) in [5.41, 5.74) is 4.87. The first-order chi connectivity index (χ1) is 10.2. The van der Waals surface area contributed by atoms with Crippen molar-refractivity contribution >= 4 is 31.5 Å². The predicted octanol–water partition coefficient (Wildman–Crippen LogP) is 5.73. The normalized spacial score (nSPS) is 11.3. The standard InChI is InChI=1S/C19H15NS/c1-12-9-13(2)11-14(10-12)18-19-16(7-8-20-18)15-5-3-4-6-17(15)21-19/h3-11H,1-2H3. The van der Waals surface area contributed by atoms with Crippen molar-refractivity contribution in [3.8, 4) is 11.3 Å². The number of benzene rings is 2. The second kappa shape index (κ2) is 4.68. The van der Waals surface area contributed by atoms with Gasteiger partial charge in [-0.05, 0) is 38.1 Å². The summed E-state index contributed by atoms with van der Waals surface area (Å²) in [4.78, 5) is 4.67. The van der Waals surface area contributed by atoms with E-state index in [1.165, 1.54) is 36.9 Å². The topological polar surface area (TPSA) is 12.9 Å². The molecule has 102 valence electrons. The van der Waals surface area contributed by atoms with E-state index in [2.05, 4.69) is 67.4 Å². The Morgan fingerprint density at radius 2 is 1.62 bits per heavy atom. The van der Waals surface area contributed by atoms with Gasteiger partial charge in [0.25, 0.3) is 0 Å². The largest absolute Gasteiger partial charge is 0.255 e. The SMILES string of the molecule is Cc1cc(C)cc(-c2nccc3c2sc2ccccc23)c1. The molecular formula is C19H15NS. The molecule has 0 unspecified atom stereocenters. The molecule has 4 rings (SSSR count). The molecule has 0 atom stereocenters. The van der Waals surface area contributed by atoms with Crippen molar-refractivity contribution < 1.29 is 0 Å². The van der Waals surface area contributed by atoms with E-state index >= 15 is 0 Å². The lowest BCUT2D eigenvalue weighted by Crippen LogP contribution is -1.86. The van der Waals surface area contributed by atoms with E-state index in [1.54, 1.807) is 0 Å². The van der Waals surface area contributed by atoms with E-state index in [4.69, 9.17) is 0 Å². The molecule has 0 amide bonds.